The van der Waals surface area contributed by atoms with Crippen LogP contribution in [0.5, 0.6) is 5.75 Å². The van der Waals surface area contributed by atoms with Gasteiger partial charge in [-0.3, -0.25) is 4.79 Å². The third kappa shape index (κ3) is 5.26. The van der Waals surface area contributed by atoms with Gasteiger partial charge in [0.1, 0.15) is 5.75 Å². The molecule has 3 aromatic carbocycles. The summed E-state index contributed by atoms with van der Waals surface area (Å²) in [6.07, 6.45) is 2.42. The second-order valence-corrected chi connectivity index (χ2v) is 11.2. The number of hydrogen-bond donors (Lipinski definition) is 0. The number of amides is 1. The first-order valence-corrected chi connectivity index (χ1v) is 13.6. The van der Waals surface area contributed by atoms with Gasteiger partial charge in [0.25, 0.3) is 5.91 Å². The summed E-state index contributed by atoms with van der Waals surface area (Å²) in [5.74, 6) is 1.14. The zero-order valence-electron chi connectivity index (χ0n) is 19.7. The lowest BCUT2D eigenvalue weighted by atomic mass is 9.97. The van der Waals surface area contributed by atoms with Gasteiger partial charge in [0, 0.05) is 31.7 Å². The number of para-hydroxylation sites is 1. The SMILES string of the molecule is O=C(c1cccc(S(=O)(=O)N2CCc3ccccc3C2)c1)N1CCC(COc2ccccc2)CC1. The number of likely N-dealkylation sites (tertiary alicyclic amines) is 1. The van der Waals surface area contributed by atoms with E-state index in [0.717, 1.165) is 24.2 Å². The summed E-state index contributed by atoms with van der Waals surface area (Å²) >= 11 is 0. The molecular formula is C28H30N2O4S. The fraction of sp³-hybridized carbons (Fsp3) is 0.321. The van der Waals surface area contributed by atoms with Gasteiger partial charge in [0.15, 0.2) is 0 Å². The number of piperidine rings is 1. The van der Waals surface area contributed by atoms with Crippen LogP contribution < -0.4 is 4.74 Å². The van der Waals surface area contributed by atoms with Gasteiger partial charge < -0.3 is 9.64 Å². The minimum Gasteiger partial charge on any atom is -0.493 e. The molecule has 1 saturated heterocycles. The van der Waals surface area contributed by atoms with E-state index in [1.807, 2.05) is 53.4 Å². The highest BCUT2D eigenvalue weighted by atomic mass is 32.2. The Labute approximate surface area is 207 Å². The fourth-order valence-corrected chi connectivity index (χ4v) is 6.30. The average Bonchev–Trinajstić information content (AvgIpc) is 2.92. The molecule has 1 amide bonds. The van der Waals surface area contributed by atoms with Crippen LogP contribution in [0, 0.1) is 5.92 Å². The van der Waals surface area contributed by atoms with Crippen LogP contribution in [0.1, 0.15) is 34.3 Å². The van der Waals surface area contributed by atoms with Gasteiger partial charge in [-0.25, -0.2) is 8.42 Å². The molecule has 182 valence electrons. The van der Waals surface area contributed by atoms with Gasteiger partial charge in [-0.05, 0) is 66.6 Å². The highest BCUT2D eigenvalue weighted by Gasteiger charge is 2.30. The van der Waals surface area contributed by atoms with Crippen LogP contribution >= 0.6 is 0 Å². The van der Waals surface area contributed by atoms with Crippen LogP contribution in [0.4, 0.5) is 0 Å². The Hall–Kier alpha value is -3.16. The lowest BCUT2D eigenvalue weighted by molar-refractivity contribution is 0.0661. The summed E-state index contributed by atoms with van der Waals surface area (Å²) in [5.41, 5.74) is 2.65. The highest BCUT2D eigenvalue weighted by Crippen LogP contribution is 2.26. The Morgan fingerprint density at radius 3 is 2.34 bits per heavy atom. The number of fused-ring (bicyclic) bond motifs is 1. The molecule has 2 aliphatic heterocycles. The molecule has 0 atom stereocenters. The van der Waals surface area contributed by atoms with E-state index >= 15 is 0 Å². The number of carbonyl (C=O) groups is 1. The van der Waals surface area contributed by atoms with Crippen LogP contribution in [0.3, 0.4) is 0 Å². The summed E-state index contributed by atoms with van der Waals surface area (Å²) in [4.78, 5) is 15.2. The van der Waals surface area contributed by atoms with E-state index in [-0.39, 0.29) is 10.8 Å². The molecule has 0 unspecified atom stereocenters. The first-order valence-electron chi connectivity index (χ1n) is 12.1. The van der Waals surface area contributed by atoms with Crippen LogP contribution in [-0.2, 0) is 23.0 Å². The van der Waals surface area contributed by atoms with Crippen LogP contribution in [0.2, 0.25) is 0 Å². The third-order valence-corrected chi connectivity index (χ3v) is 8.79. The lowest BCUT2D eigenvalue weighted by Gasteiger charge is -2.32. The maximum atomic E-state index is 13.4. The molecule has 5 rings (SSSR count). The minimum absolute atomic E-state index is 0.117. The quantitative estimate of drug-likeness (QED) is 0.515. The van der Waals surface area contributed by atoms with Crippen molar-refractivity contribution in [3.63, 3.8) is 0 Å². The molecule has 0 saturated carbocycles. The van der Waals surface area contributed by atoms with E-state index in [4.69, 9.17) is 4.74 Å². The molecule has 3 aromatic rings. The molecular weight excluding hydrogens is 460 g/mol. The lowest BCUT2D eigenvalue weighted by Crippen LogP contribution is -2.40. The third-order valence-electron chi connectivity index (χ3n) is 6.95. The molecule has 6 nitrogen and oxygen atoms in total. The molecule has 1 fully saturated rings. The maximum absolute atomic E-state index is 13.4. The second-order valence-electron chi connectivity index (χ2n) is 9.24. The molecule has 0 aliphatic carbocycles. The Balaban J connectivity index is 1.21. The number of hydrogen-bond acceptors (Lipinski definition) is 4. The average molecular weight is 491 g/mol. The zero-order chi connectivity index (χ0) is 24.3. The Morgan fingerprint density at radius 2 is 1.57 bits per heavy atom. The topological polar surface area (TPSA) is 66.9 Å². The number of benzene rings is 3. The van der Waals surface area contributed by atoms with Gasteiger partial charge in [0.05, 0.1) is 11.5 Å². The summed E-state index contributed by atoms with van der Waals surface area (Å²) in [7, 11) is -3.69. The smallest absolute Gasteiger partial charge is 0.253 e. The standard InChI is InChI=1S/C28H30N2O4S/c31-28(29-16-13-22(14-17-29)21-34-26-10-2-1-3-11-26)24-9-6-12-27(19-24)35(32,33)30-18-15-23-7-4-5-8-25(23)20-30/h1-12,19,22H,13-18,20-21H2. The van der Waals surface area contributed by atoms with Crippen molar-refractivity contribution in [2.75, 3.05) is 26.2 Å². The Morgan fingerprint density at radius 1 is 0.857 bits per heavy atom. The van der Waals surface area contributed by atoms with Gasteiger partial charge in [0.2, 0.25) is 10.0 Å². The van der Waals surface area contributed by atoms with Crippen LogP contribution in [0.25, 0.3) is 0 Å². The molecule has 2 heterocycles. The van der Waals surface area contributed by atoms with Gasteiger partial charge in [-0.1, -0.05) is 48.5 Å². The monoisotopic (exact) mass is 490 g/mol. The summed E-state index contributed by atoms with van der Waals surface area (Å²) in [6, 6.07) is 24.2. The van der Waals surface area contributed by atoms with Crippen LogP contribution in [0.15, 0.2) is 83.8 Å². The van der Waals surface area contributed by atoms with E-state index in [1.165, 1.54) is 15.9 Å². The normalized spacial score (nSPS) is 17.1. The van der Waals surface area contributed by atoms with E-state index in [9.17, 15) is 13.2 Å². The Bertz CT molecular complexity index is 1290. The number of nitrogens with zero attached hydrogens (tertiary/aromatic N) is 2. The number of carbonyl (C=O) groups excluding carboxylic acids is 1. The van der Waals surface area contributed by atoms with Gasteiger partial charge >= 0.3 is 0 Å². The second kappa shape index (κ2) is 10.2. The van der Waals surface area contributed by atoms with Crippen molar-refractivity contribution in [2.24, 2.45) is 5.92 Å². The summed E-state index contributed by atoms with van der Waals surface area (Å²) < 4.78 is 34.1. The first-order chi connectivity index (χ1) is 17.0. The summed E-state index contributed by atoms with van der Waals surface area (Å²) in [6.45, 7) is 2.72. The molecule has 0 aromatic heterocycles. The van der Waals surface area contributed by atoms with E-state index in [0.29, 0.717) is 50.7 Å². The molecule has 35 heavy (non-hydrogen) atoms. The number of rotatable bonds is 6. The zero-order valence-corrected chi connectivity index (χ0v) is 20.5. The largest absolute Gasteiger partial charge is 0.493 e. The van der Waals surface area contributed by atoms with Crippen LogP contribution in [-0.4, -0.2) is 49.8 Å². The molecule has 0 bridgehead atoms. The first kappa shape index (κ1) is 23.6. The fourth-order valence-electron chi connectivity index (χ4n) is 4.83. The van der Waals surface area contributed by atoms with Crippen molar-refractivity contribution in [3.8, 4) is 5.75 Å². The van der Waals surface area contributed by atoms with E-state index in [2.05, 4.69) is 6.07 Å². The van der Waals surface area contributed by atoms with Crippen molar-refractivity contribution in [2.45, 2.75) is 30.7 Å². The maximum Gasteiger partial charge on any atom is 0.253 e. The number of ether oxygens (including phenoxy) is 1. The van der Waals surface area contributed by atoms with Gasteiger partial charge in [-0.15, -0.1) is 0 Å². The van der Waals surface area contributed by atoms with Gasteiger partial charge in [-0.2, -0.15) is 4.31 Å². The molecule has 2 aliphatic rings. The molecule has 0 N–H and O–H groups in total. The molecule has 0 radical (unpaired) electrons. The van der Waals surface area contributed by atoms with Crippen molar-refractivity contribution in [3.05, 3.63) is 95.6 Å². The number of sulfonamides is 1. The van der Waals surface area contributed by atoms with Crippen molar-refractivity contribution < 1.29 is 17.9 Å². The van der Waals surface area contributed by atoms with Crippen molar-refractivity contribution in [1.82, 2.24) is 9.21 Å². The Kier molecular flexibility index (Phi) is 6.88. The summed E-state index contributed by atoms with van der Waals surface area (Å²) in [5, 5.41) is 0. The minimum atomic E-state index is -3.69. The van der Waals surface area contributed by atoms with Crippen molar-refractivity contribution in [1.29, 1.82) is 0 Å². The predicted octanol–water partition coefficient (Wildman–Crippen LogP) is 4.36. The predicted molar refractivity (Wildman–Crippen MR) is 135 cm³/mol. The van der Waals surface area contributed by atoms with Crippen molar-refractivity contribution >= 4 is 15.9 Å². The molecule has 7 heteroatoms. The van der Waals surface area contributed by atoms with E-state index < -0.39 is 10.0 Å². The van der Waals surface area contributed by atoms with E-state index in [1.54, 1.807) is 18.2 Å². The highest BCUT2D eigenvalue weighted by molar-refractivity contribution is 7.89. The molecule has 0 spiro atoms.